The van der Waals surface area contributed by atoms with E-state index in [1.165, 1.54) is 12.8 Å². The lowest BCUT2D eigenvalue weighted by atomic mass is 10.2. The summed E-state index contributed by atoms with van der Waals surface area (Å²) in [4.78, 5) is 17.0. The summed E-state index contributed by atoms with van der Waals surface area (Å²) in [5.74, 6) is 1.81. The van der Waals surface area contributed by atoms with Crippen molar-refractivity contribution in [1.29, 1.82) is 0 Å². The van der Waals surface area contributed by atoms with E-state index in [-0.39, 0.29) is 24.0 Å². The molecule has 29 heavy (non-hydrogen) atoms. The van der Waals surface area contributed by atoms with Gasteiger partial charge in [0, 0.05) is 40.3 Å². The molecule has 2 aromatic rings. The Labute approximate surface area is 191 Å². The molecule has 0 saturated carbocycles. The molecule has 0 aliphatic carbocycles. The van der Waals surface area contributed by atoms with Crippen molar-refractivity contribution in [1.82, 2.24) is 25.1 Å². The third kappa shape index (κ3) is 6.68. The van der Waals surface area contributed by atoms with E-state index in [4.69, 9.17) is 4.74 Å². The van der Waals surface area contributed by atoms with Crippen molar-refractivity contribution < 1.29 is 4.74 Å². The molecule has 1 aromatic carbocycles. The van der Waals surface area contributed by atoms with Gasteiger partial charge >= 0.3 is 0 Å². The van der Waals surface area contributed by atoms with Gasteiger partial charge in [0.2, 0.25) is 0 Å². The Morgan fingerprint density at radius 2 is 2.17 bits per heavy atom. The largest absolute Gasteiger partial charge is 0.383 e. The van der Waals surface area contributed by atoms with E-state index in [0.29, 0.717) is 12.6 Å². The second-order valence-corrected chi connectivity index (χ2v) is 7.22. The number of H-pyrrole nitrogens is 1. The molecule has 1 atom stereocenters. The maximum absolute atomic E-state index is 5.23. The fraction of sp³-hybridized carbons (Fsp3) is 0.524. The number of benzene rings is 1. The topological polar surface area (TPSA) is 68.8 Å². The third-order valence-electron chi connectivity index (χ3n) is 5.25. The zero-order valence-corrected chi connectivity index (χ0v) is 19.9. The number of likely N-dealkylation sites (tertiary alicyclic amines) is 1. The fourth-order valence-electron chi connectivity index (χ4n) is 3.73. The molecule has 2 N–H and O–H groups in total. The number of nitrogens with zero attached hydrogens (tertiary/aromatic N) is 4. The second kappa shape index (κ2) is 12.1. The maximum atomic E-state index is 5.23. The highest BCUT2D eigenvalue weighted by Crippen LogP contribution is 2.17. The Kier molecular flexibility index (Phi) is 9.89. The lowest BCUT2D eigenvalue weighted by molar-refractivity contribution is 0.141. The highest BCUT2D eigenvalue weighted by molar-refractivity contribution is 14.0. The first-order valence-corrected chi connectivity index (χ1v) is 9.95. The number of rotatable bonds is 8. The highest BCUT2D eigenvalue weighted by Gasteiger charge is 2.24. The Morgan fingerprint density at radius 3 is 2.90 bits per heavy atom. The summed E-state index contributed by atoms with van der Waals surface area (Å²) in [6.07, 6.45) is 4.36. The molecule has 2 heterocycles. The molecule has 7 nitrogen and oxygen atoms in total. The van der Waals surface area contributed by atoms with Gasteiger partial charge in [0.25, 0.3) is 0 Å². The first kappa shape index (κ1) is 23.6. The summed E-state index contributed by atoms with van der Waals surface area (Å²) < 4.78 is 5.23. The number of imidazole rings is 1. The standard InChI is InChI=1S/C21H32N6O.HI/c1-22-21(24-14-18-10-7-11-27(18)12-13-28-3)26(2)16-20-23-15-19(25-20)17-8-5-4-6-9-17;/h4-6,8-9,15,18H,7,10-14,16H2,1-3H3,(H,22,24)(H,23,25);1H. The molecule has 0 radical (unpaired) electrons. The number of guanidine groups is 1. The number of nitrogens with one attached hydrogen (secondary N) is 2. The van der Waals surface area contributed by atoms with Gasteiger partial charge in [-0.1, -0.05) is 30.3 Å². The van der Waals surface area contributed by atoms with Crippen molar-refractivity contribution >= 4 is 29.9 Å². The van der Waals surface area contributed by atoms with Crippen LogP contribution >= 0.6 is 24.0 Å². The summed E-state index contributed by atoms with van der Waals surface area (Å²) in [5.41, 5.74) is 2.18. The molecule has 1 fully saturated rings. The smallest absolute Gasteiger partial charge is 0.193 e. The van der Waals surface area contributed by atoms with Crippen LogP contribution in [0.1, 0.15) is 18.7 Å². The number of methoxy groups -OCH3 is 1. The quantitative estimate of drug-likeness (QED) is 0.324. The van der Waals surface area contributed by atoms with E-state index in [2.05, 4.69) is 42.2 Å². The molecule has 1 unspecified atom stereocenters. The van der Waals surface area contributed by atoms with Gasteiger partial charge in [-0.15, -0.1) is 24.0 Å². The zero-order valence-electron chi connectivity index (χ0n) is 17.6. The van der Waals surface area contributed by atoms with E-state index < -0.39 is 0 Å². The fourth-order valence-corrected chi connectivity index (χ4v) is 3.73. The molecule has 1 aliphatic heterocycles. The van der Waals surface area contributed by atoms with Crippen molar-refractivity contribution in [3.8, 4) is 11.3 Å². The van der Waals surface area contributed by atoms with E-state index in [9.17, 15) is 0 Å². The van der Waals surface area contributed by atoms with Crippen LogP contribution in [0.2, 0.25) is 0 Å². The van der Waals surface area contributed by atoms with Crippen LogP contribution in [0.4, 0.5) is 0 Å². The molecule has 1 saturated heterocycles. The first-order chi connectivity index (χ1) is 13.7. The minimum absolute atomic E-state index is 0. The van der Waals surface area contributed by atoms with Gasteiger partial charge in [-0.2, -0.15) is 0 Å². The van der Waals surface area contributed by atoms with Crippen molar-refractivity contribution in [3.63, 3.8) is 0 Å². The van der Waals surface area contributed by atoms with Gasteiger partial charge in [-0.25, -0.2) is 4.98 Å². The monoisotopic (exact) mass is 512 g/mol. The van der Waals surface area contributed by atoms with E-state index in [1.54, 1.807) is 7.11 Å². The third-order valence-corrected chi connectivity index (χ3v) is 5.25. The van der Waals surface area contributed by atoms with Gasteiger partial charge in [-0.05, 0) is 24.9 Å². The van der Waals surface area contributed by atoms with Crippen LogP contribution in [0, 0.1) is 0 Å². The molecule has 0 bridgehead atoms. The maximum Gasteiger partial charge on any atom is 0.193 e. The summed E-state index contributed by atoms with van der Waals surface area (Å²) >= 11 is 0. The van der Waals surface area contributed by atoms with Crippen molar-refractivity contribution in [2.75, 3.05) is 47.4 Å². The number of aliphatic imine (C=N–C) groups is 1. The summed E-state index contributed by atoms with van der Waals surface area (Å²) in [7, 11) is 5.63. The molecular weight excluding hydrogens is 479 g/mol. The Hall–Kier alpha value is -1.65. The summed E-state index contributed by atoms with van der Waals surface area (Å²) in [5, 5.41) is 3.53. The zero-order chi connectivity index (χ0) is 19.8. The molecule has 0 amide bonds. The Bertz CT molecular complexity index is 751. The SMILES string of the molecule is CN=C(NCC1CCCN1CCOC)N(C)Cc1ncc(-c2ccccc2)[nH]1.I. The summed E-state index contributed by atoms with van der Waals surface area (Å²) in [6.45, 7) is 4.50. The Balaban J connectivity index is 0.00000300. The molecular formula is C21H33IN6O. The predicted molar refractivity (Wildman–Crippen MR) is 129 cm³/mol. The average molecular weight is 512 g/mol. The first-order valence-electron chi connectivity index (χ1n) is 9.95. The van der Waals surface area contributed by atoms with Crippen molar-refractivity contribution in [2.45, 2.75) is 25.4 Å². The van der Waals surface area contributed by atoms with Crippen LogP contribution in [-0.4, -0.2) is 79.2 Å². The van der Waals surface area contributed by atoms with Crippen molar-refractivity contribution in [3.05, 3.63) is 42.4 Å². The normalized spacial score (nSPS) is 17.2. The van der Waals surface area contributed by atoms with Crippen LogP contribution in [0.15, 0.2) is 41.5 Å². The second-order valence-electron chi connectivity index (χ2n) is 7.22. The van der Waals surface area contributed by atoms with E-state index >= 15 is 0 Å². The molecule has 3 rings (SSSR count). The lowest BCUT2D eigenvalue weighted by Crippen LogP contribution is -2.46. The summed E-state index contributed by atoms with van der Waals surface area (Å²) in [6, 6.07) is 10.8. The molecule has 0 spiro atoms. The lowest BCUT2D eigenvalue weighted by Gasteiger charge is -2.27. The average Bonchev–Trinajstić information content (AvgIpc) is 3.37. The minimum atomic E-state index is 0. The predicted octanol–water partition coefficient (Wildman–Crippen LogP) is 2.81. The molecule has 1 aliphatic rings. The van der Waals surface area contributed by atoms with E-state index in [0.717, 1.165) is 49.3 Å². The van der Waals surface area contributed by atoms with E-state index in [1.807, 2.05) is 38.5 Å². The molecule has 160 valence electrons. The van der Waals surface area contributed by atoms with Crippen LogP contribution in [0.5, 0.6) is 0 Å². The van der Waals surface area contributed by atoms with Crippen LogP contribution < -0.4 is 5.32 Å². The number of aromatic amines is 1. The van der Waals surface area contributed by atoms with Crippen LogP contribution in [-0.2, 0) is 11.3 Å². The van der Waals surface area contributed by atoms with Gasteiger partial charge in [0.15, 0.2) is 5.96 Å². The molecule has 1 aromatic heterocycles. The van der Waals surface area contributed by atoms with Crippen LogP contribution in [0.25, 0.3) is 11.3 Å². The van der Waals surface area contributed by atoms with Crippen LogP contribution in [0.3, 0.4) is 0 Å². The van der Waals surface area contributed by atoms with Gasteiger partial charge in [0.05, 0.1) is 25.0 Å². The number of hydrogen-bond acceptors (Lipinski definition) is 4. The highest BCUT2D eigenvalue weighted by atomic mass is 127. The number of ether oxygens (including phenoxy) is 1. The number of hydrogen-bond donors (Lipinski definition) is 2. The van der Waals surface area contributed by atoms with Gasteiger partial charge in [0.1, 0.15) is 5.82 Å². The van der Waals surface area contributed by atoms with Crippen molar-refractivity contribution in [2.24, 2.45) is 4.99 Å². The molecule has 8 heteroatoms. The number of halogens is 1. The number of aromatic nitrogens is 2. The Morgan fingerprint density at radius 1 is 1.38 bits per heavy atom. The minimum Gasteiger partial charge on any atom is -0.383 e. The van der Waals surface area contributed by atoms with Gasteiger partial charge < -0.3 is 19.9 Å². The van der Waals surface area contributed by atoms with Gasteiger partial charge in [-0.3, -0.25) is 9.89 Å².